The van der Waals surface area contributed by atoms with E-state index in [0.717, 1.165) is 25.9 Å². The summed E-state index contributed by atoms with van der Waals surface area (Å²) in [5.74, 6) is 0.106. The summed E-state index contributed by atoms with van der Waals surface area (Å²) in [4.78, 5) is 14.3. The molecule has 21 heavy (non-hydrogen) atoms. The van der Waals surface area contributed by atoms with Crippen molar-refractivity contribution in [3.8, 4) is 0 Å². The lowest BCUT2D eigenvalue weighted by molar-refractivity contribution is -0.122. The number of nitrogens with one attached hydrogen (secondary N) is 1. The average Bonchev–Trinajstić information content (AvgIpc) is 2.49. The van der Waals surface area contributed by atoms with Gasteiger partial charge in [-0.3, -0.25) is 9.69 Å². The van der Waals surface area contributed by atoms with Gasteiger partial charge in [-0.2, -0.15) is 0 Å². The summed E-state index contributed by atoms with van der Waals surface area (Å²) in [7, 11) is 0. The molecule has 4 heteroatoms. The molecule has 0 bridgehead atoms. The Balaban J connectivity index is 1.78. The number of likely N-dealkylation sites (tertiary alicyclic amines) is 1. The number of piperidine rings is 1. The molecule has 2 rings (SSSR count). The summed E-state index contributed by atoms with van der Waals surface area (Å²) < 4.78 is 0. The number of hydrogen-bond acceptors (Lipinski definition) is 3. The lowest BCUT2D eigenvalue weighted by Gasteiger charge is -2.30. The number of carbonyl (C=O) groups is 1. The van der Waals surface area contributed by atoms with Crippen molar-refractivity contribution in [3.63, 3.8) is 0 Å². The zero-order valence-electron chi connectivity index (χ0n) is 13.1. The summed E-state index contributed by atoms with van der Waals surface area (Å²) >= 11 is 0. The molecule has 1 aliphatic rings. The molecule has 1 aromatic rings. The highest BCUT2D eigenvalue weighted by atomic mass is 16.2. The van der Waals surface area contributed by atoms with Crippen LogP contribution in [0.5, 0.6) is 0 Å². The average molecular weight is 289 g/mol. The van der Waals surface area contributed by atoms with Crippen molar-refractivity contribution in [1.29, 1.82) is 0 Å². The van der Waals surface area contributed by atoms with Crippen LogP contribution in [0.4, 0.5) is 0 Å². The fourth-order valence-electron chi connectivity index (χ4n) is 2.68. The third-order valence-electron chi connectivity index (χ3n) is 4.28. The zero-order valence-corrected chi connectivity index (χ0v) is 13.1. The van der Waals surface area contributed by atoms with Gasteiger partial charge in [-0.25, -0.2) is 0 Å². The summed E-state index contributed by atoms with van der Waals surface area (Å²) in [5, 5.41) is 3.07. The van der Waals surface area contributed by atoms with E-state index in [9.17, 15) is 4.79 Å². The molecule has 0 spiro atoms. The van der Waals surface area contributed by atoms with Crippen LogP contribution in [0.2, 0.25) is 0 Å². The van der Waals surface area contributed by atoms with Crippen molar-refractivity contribution in [2.45, 2.75) is 38.1 Å². The number of amides is 1. The lowest BCUT2D eigenvalue weighted by Crippen LogP contribution is -2.46. The Kier molecular flexibility index (Phi) is 5.37. The standard InChI is InChI=1S/C17H27N3O/c1-17(2,14-6-4-3-5-7-14)13-19-16(21)12-20-10-8-15(18)9-11-20/h3-7,15H,8-13,18H2,1-2H3,(H,19,21). The van der Waals surface area contributed by atoms with Gasteiger partial charge in [0, 0.05) is 31.1 Å². The number of nitrogens with two attached hydrogens (primary N) is 1. The van der Waals surface area contributed by atoms with Crippen LogP contribution in [-0.4, -0.2) is 43.0 Å². The van der Waals surface area contributed by atoms with E-state index in [4.69, 9.17) is 5.73 Å². The van der Waals surface area contributed by atoms with Crippen LogP contribution >= 0.6 is 0 Å². The van der Waals surface area contributed by atoms with Crippen LogP contribution in [0.3, 0.4) is 0 Å². The van der Waals surface area contributed by atoms with Crippen LogP contribution in [0, 0.1) is 0 Å². The van der Waals surface area contributed by atoms with E-state index in [2.05, 4.69) is 36.2 Å². The molecule has 4 nitrogen and oxygen atoms in total. The normalized spacial score (nSPS) is 17.7. The molecule has 116 valence electrons. The molecule has 1 fully saturated rings. The van der Waals surface area contributed by atoms with Crippen molar-refractivity contribution in [2.75, 3.05) is 26.2 Å². The molecule has 0 saturated carbocycles. The first-order valence-electron chi connectivity index (χ1n) is 7.77. The lowest BCUT2D eigenvalue weighted by atomic mass is 9.84. The summed E-state index contributed by atoms with van der Waals surface area (Å²) in [5.41, 5.74) is 7.07. The van der Waals surface area contributed by atoms with Gasteiger partial charge >= 0.3 is 0 Å². The molecule has 0 aliphatic carbocycles. The van der Waals surface area contributed by atoms with E-state index in [1.807, 2.05) is 18.2 Å². The van der Waals surface area contributed by atoms with E-state index in [0.29, 0.717) is 19.1 Å². The second kappa shape index (κ2) is 7.05. The monoisotopic (exact) mass is 289 g/mol. The first kappa shape index (κ1) is 16.0. The van der Waals surface area contributed by atoms with Gasteiger partial charge in [0.25, 0.3) is 0 Å². The van der Waals surface area contributed by atoms with Gasteiger partial charge in [-0.05, 0) is 18.4 Å². The van der Waals surface area contributed by atoms with Crippen LogP contribution in [0.15, 0.2) is 30.3 Å². The largest absolute Gasteiger partial charge is 0.354 e. The molecule has 0 unspecified atom stereocenters. The van der Waals surface area contributed by atoms with Gasteiger partial charge in [0.15, 0.2) is 0 Å². The van der Waals surface area contributed by atoms with E-state index in [1.54, 1.807) is 0 Å². The maximum absolute atomic E-state index is 12.1. The molecule has 1 aromatic carbocycles. The highest BCUT2D eigenvalue weighted by molar-refractivity contribution is 5.78. The quantitative estimate of drug-likeness (QED) is 0.864. The zero-order chi connectivity index (χ0) is 15.3. The number of rotatable bonds is 5. The smallest absolute Gasteiger partial charge is 0.234 e. The Morgan fingerprint density at radius 2 is 1.90 bits per heavy atom. The fourth-order valence-corrected chi connectivity index (χ4v) is 2.68. The van der Waals surface area contributed by atoms with Crippen molar-refractivity contribution in [1.82, 2.24) is 10.2 Å². The maximum Gasteiger partial charge on any atom is 0.234 e. The fraction of sp³-hybridized carbons (Fsp3) is 0.588. The molecule has 0 radical (unpaired) electrons. The Bertz CT molecular complexity index is 450. The van der Waals surface area contributed by atoms with Crippen LogP contribution in [-0.2, 0) is 10.2 Å². The molecule has 3 N–H and O–H groups in total. The van der Waals surface area contributed by atoms with Crippen LogP contribution in [0.25, 0.3) is 0 Å². The molecule has 0 aromatic heterocycles. The van der Waals surface area contributed by atoms with Crippen molar-refractivity contribution < 1.29 is 4.79 Å². The minimum Gasteiger partial charge on any atom is -0.354 e. The highest BCUT2D eigenvalue weighted by Crippen LogP contribution is 2.21. The summed E-state index contributed by atoms with van der Waals surface area (Å²) in [6.07, 6.45) is 1.98. The second-order valence-electron chi connectivity index (χ2n) is 6.64. The topological polar surface area (TPSA) is 58.4 Å². The Labute approximate surface area is 127 Å². The van der Waals surface area contributed by atoms with Gasteiger partial charge in [0.1, 0.15) is 0 Å². The molecule has 1 amide bonds. The van der Waals surface area contributed by atoms with Gasteiger partial charge in [0.05, 0.1) is 6.54 Å². The Hall–Kier alpha value is -1.39. The molecular weight excluding hydrogens is 262 g/mol. The van der Waals surface area contributed by atoms with Crippen molar-refractivity contribution >= 4 is 5.91 Å². The summed E-state index contributed by atoms with van der Waals surface area (Å²) in [6.45, 7) is 7.30. The summed E-state index contributed by atoms with van der Waals surface area (Å²) in [6, 6.07) is 10.6. The van der Waals surface area contributed by atoms with E-state index >= 15 is 0 Å². The number of nitrogens with zero attached hydrogens (tertiary/aromatic N) is 1. The molecule has 1 aliphatic heterocycles. The van der Waals surface area contributed by atoms with Gasteiger partial charge in [-0.1, -0.05) is 44.2 Å². The minimum absolute atomic E-state index is 0.0544. The highest BCUT2D eigenvalue weighted by Gasteiger charge is 2.22. The SMILES string of the molecule is CC(C)(CNC(=O)CN1CCC(N)CC1)c1ccccc1. The van der Waals surface area contributed by atoms with Gasteiger partial charge < -0.3 is 11.1 Å². The predicted octanol–water partition coefficient (Wildman–Crippen LogP) is 1.50. The number of carbonyl (C=O) groups excluding carboxylic acids is 1. The Morgan fingerprint density at radius 1 is 1.29 bits per heavy atom. The van der Waals surface area contributed by atoms with Crippen molar-refractivity contribution in [3.05, 3.63) is 35.9 Å². The van der Waals surface area contributed by atoms with Crippen molar-refractivity contribution in [2.24, 2.45) is 5.73 Å². The first-order valence-corrected chi connectivity index (χ1v) is 7.77. The first-order chi connectivity index (χ1) is 9.97. The van der Waals surface area contributed by atoms with E-state index < -0.39 is 0 Å². The van der Waals surface area contributed by atoms with Gasteiger partial charge in [0.2, 0.25) is 5.91 Å². The molecule has 1 heterocycles. The third kappa shape index (κ3) is 4.83. The third-order valence-corrected chi connectivity index (χ3v) is 4.28. The predicted molar refractivity (Wildman–Crippen MR) is 86.1 cm³/mol. The number of hydrogen-bond donors (Lipinski definition) is 2. The maximum atomic E-state index is 12.1. The van der Waals surface area contributed by atoms with Gasteiger partial charge in [-0.15, -0.1) is 0 Å². The minimum atomic E-state index is -0.0544. The Morgan fingerprint density at radius 3 is 2.52 bits per heavy atom. The van der Waals surface area contributed by atoms with Crippen LogP contribution < -0.4 is 11.1 Å². The van der Waals surface area contributed by atoms with Crippen LogP contribution in [0.1, 0.15) is 32.3 Å². The number of benzene rings is 1. The second-order valence-corrected chi connectivity index (χ2v) is 6.64. The molecule has 1 saturated heterocycles. The molecule has 0 atom stereocenters. The van der Waals surface area contributed by atoms with E-state index in [1.165, 1.54) is 5.56 Å². The van der Waals surface area contributed by atoms with E-state index in [-0.39, 0.29) is 11.3 Å². The molecular formula is C17H27N3O.